The molecule has 1 aromatic rings. The zero-order chi connectivity index (χ0) is 18.5. The van der Waals surface area contributed by atoms with Crippen LogP contribution in [0.5, 0.6) is 0 Å². The van der Waals surface area contributed by atoms with Crippen molar-refractivity contribution in [3.8, 4) is 0 Å². The number of hydrogen-bond acceptors (Lipinski definition) is 4. The van der Waals surface area contributed by atoms with Gasteiger partial charge in [-0.1, -0.05) is 45.0 Å². The Balaban J connectivity index is 2.16. The standard InChI is InChI=1S/C20H33N3O2/c1-15(24)22-13-18(25)14-23-20(8-10-21-11-9-20)17-7-5-6-16(12-17)19(2,3)4/h5-7,12,18,21,23,25H,8-11,13-14H2,1-4H3,(H,22,24)/t18-/m0/s1. The van der Waals surface area contributed by atoms with Crippen LogP contribution in [-0.2, 0) is 15.7 Å². The molecule has 4 N–H and O–H groups in total. The van der Waals surface area contributed by atoms with Gasteiger partial charge >= 0.3 is 0 Å². The number of aliphatic hydroxyl groups excluding tert-OH is 1. The average molecular weight is 348 g/mol. The Morgan fingerprint density at radius 2 is 1.96 bits per heavy atom. The van der Waals surface area contributed by atoms with Crippen molar-refractivity contribution in [1.29, 1.82) is 0 Å². The number of piperidine rings is 1. The molecule has 5 nitrogen and oxygen atoms in total. The fourth-order valence-electron chi connectivity index (χ4n) is 3.35. The van der Waals surface area contributed by atoms with Gasteiger partial charge in [0.15, 0.2) is 0 Å². The minimum Gasteiger partial charge on any atom is -0.390 e. The van der Waals surface area contributed by atoms with E-state index in [4.69, 9.17) is 0 Å². The van der Waals surface area contributed by atoms with Crippen LogP contribution in [-0.4, -0.2) is 43.3 Å². The number of aliphatic hydroxyl groups is 1. The van der Waals surface area contributed by atoms with Gasteiger partial charge in [-0.05, 0) is 42.5 Å². The highest BCUT2D eigenvalue weighted by Crippen LogP contribution is 2.33. The van der Waals surface area contributed by atoms with Crippen molar-refractivity contribution in [3.05, 3.63) is 35.4 Å². The Morgan fingerprint density at radius 3 is 2.56 bits per heavy atom. The first-order valence-corrected chi connectivity index (χ1v) is 9.22. The lowest BCUT2D eigenvalue weighted by Crippen LogP contribution is -2.53. The van der Waals surface area contributed by atoms with Gasteiger partial charge in [0.05, 0.1) is 6.10 Å². The zero-order valence-corrected chi connectivity index (χ0v) is 16.0. The molecule has 0 radical (unpaired) electrons. The van der Waals surface area contributed by atoms with E-state index in [1.807, 2.05) is 0 Å². The van der Waals surface area contributed by atoms with Gasteiger partial charge in [-0.15, -0.1) is 0 Å². The van der Waals surface area contributed by atoms with E-state index in [2.05, 4.69) is 61.0 Å². The lowest BCUT2D eigenvalue weighted by Gasteiger charge is -2.40. The highest BCUT2D eigenvalue weighted by Gasteiger charge is 2.34. The fraction of sp³-hybridized carbons (Fsp3) is 0.650. The van der Waals surface area contributed by atoms with Crippen molar-refractivity contribution in [2.75, 3.05) is 26.2 Å². The average Bonchev–Trinajstić information content (AvgIpc) is 2.58. The van der Waals surface area contributed by atoms with Crippen LogP contribution in [0.4, 0.5) is 0 Å². The first-order valence-electron chi connectivity index (χ1n) is 9.22. The summed E-state index contributed by atoms with van der Waals surface area (Å²) in [5, 5.41) is 19.9. The largest absolute Gasteiger partial charge is 0.390 e. The van der Waals surface area contributed by atoms with E-state index >= 15 is 0 Å². The predicted molar refractivity (Wildman–Crippen MR) is 102 cm³/mol. The van der Waals surface area contributed by atoms with E-state index in [0.717, 1.165) is 25.9 Å². The van der Waals surface area contributed by atoms with E-state index in [1.165, 1.54) is 18.1 Å². The van der Waals surface area contributed by atoms with E-state index in [9.17, 15) is 9.90 Å². The van der Waals surface area contributed by atoms with Crippen LogP contribution in [0.2, 0.25) is 0 Å². The van der Waals surface area contributed by atoms with Crippen LogP contribution >= 0.6 is 0 Å². The number of benzene rings is 1. The second-order valence-corrected chi connectivity index (χ2v) is 8.13. The van der Waals surface area contributed by atoms with Crippen LogP contribution in [0, 0.1) is 0 Å². The molecule has 1 heterocycles. The van der Waals surface area contributed by atoms with E-state index in [0.29, 0.717) is 6.54 Å². The predicted octanol–water partition coefficient (Wildman–Crippen LogP) is 1.65. The Bertz CT molecular complexity index is 575. The van der Waals surface area contributed by atoms with Crippen LogP contribution < -0.4 is 16.0 Å². The molecule has 0 aliphatic carbocycles. The monoisotopic (exact) mass is 347 g/mol. The zero-order valence-electron chi connectivity index (χ0n) is 16.0. The molecule has 1 saturated heterocycles. The Morgan fingerprint density at radius 1 is 1.28 bits per heavy atom. The SMILES string of the molecule is CC(=O)NC[C@H](O)CNC1(c2cccc(C(C)(C)C)c2)CCNCC1. The molecule has 25 heavy (non-hydrogen) atoms. The van der Waals surface area contributed by atoms with Gasteiger partial charge in [0.25, 0.3) is 0 Å². The van der Waals surface area contributed by atoms with Gasteiger partial charge in [0.1, 0.15) is 0 Å². The molecule has 2 rings (SSSR count). The molecule has 0 aromatic heterocycles. The molecule has 0 spiro atoms. The van der Waals surface area contributed by atoms with Gasteiger partial charge in [-0.2, -0.15) is 0 Å². The van der Waals surface area contributed by atoms with Crippen LogP contribution in [0.1, 0.15) is 51.7 Å². The molecule has 1 amide bonds. The van der Waals surface area contributed by atoms with Crippen molar-refractivity contribution in [2.24, 2.45) is 0 Å². The first kappa shape index (κ1) is 19.9. The molecule has 1 fully saturated rings. The third kappa shape index (κ3) is 5.53. The molecule has 5 heteroatoms. The number of hydrogen-bond donors (Lipinski definition) is 4. The summed E-state index contributed by atoms with van der Waals surface area (Å²) in [7, 11) is 0. The smallest absolute Gasteiger partial charge is 0.216 e. The topological polar surface area (TPSA) is 73.4 Å². The summed E-state index contributed by atoms with van der Waals surface area (Å²) < 4.78 is 0. The van der Waals surface area contributed by atoms with Crippen molar-refractivity contribution in [2.45, 2.75) is 57.6 Å². The van der Waals surface area contributed by atoms with E-state index in [-0.39, 0.29) is 23.4 Å². The Hall–Kier alpha value is -1.43. The molecule has 1 atom stereocenters. The number of amides is 1. The molecule has 0 saturated carbocycles. The molecule has 0 bridgehead atoms. The van der Waals surface area contributed by atoms with Crippen molar-refractivity contribution >= 4 is 5.91 Å². The number of carbonyl (C=O) groups is 1. The van der Waals surface area contributed by atoms with Crippen LogP contribution in [0.15, 0.2) is 24.3 Å². The Kier molecular flexibility index (Phi) is 6.60. The molecule has 0 unspecified atom stereocenters. The maximum atomic E-state index is 11.0. The van der Waals surface area contributed by atoms with Crippen molar-refractivity contribution < 1.29 is 9.90 Å². The first-order chi connectivity index (χ1) is 11.7. The van der Waals surface area contributed by atoms with E-state index < -0.39 is 6.10 Å². The summed E-state index contributed by atoms with van der Waals surface area (Å²) in [5.74, 6) is -0.117. The quantitative estimate of drug-likeness (QED) is 0.631. The maximum absolute atomic E-state index is 11.0. The van der Waals surface area contributed by atoms with Crippen molar-refractivity contribution in [1.82, 2.24) is 16.0 Å². The second kappa shape index (κ2) is 8.30. The molecular weight excluding hydrogens is 314 g/mol. The van der Waals surface area contributed by atoms with Gasteiger partial charge in [-0.25, -0.2) is 0 Å². The normalized spacial score (nSPS) is 18.6. The van der Waals surface area contributed by atoms with Crippen LogP contribution in [0.3, 0.4) is 0 Å². The van der Waals surface area contributed by atoms with Gasteiger partial charge in [0, 0.05) is 25.6 Å². The minimum absolute atomic E-state index is 0.106. The summed E-state index contributed by atoms with van der Waals surface area (Å²) in [4.78, 5) is 11.0. The fourth-order valence-corrected chi connectivity index (χ4v) is 3.35. The number of carbonyl (C=O) groups excluding carboxylic acids is 1. The second-order valence-electron chi connectivity index (χ2n) is 8.13. The minimum atomic E-state index is -0.596. The van der Waals surface area contributed by atoms with Gasteiger partial charge in [-0.3, -0.25) is 4.79 Å². The number of nitrogens with one attached hydrogen (secondary N) is 3. The maximum Gasteiger partial charge on any atom is 0.216 e. The summed E-state index contributed by atoms with van der Waals surface area (Å²) in [6, 6.07) is 8.81. The third-order valence-corrected chi connectivity index (χ3v) is 5.00. The van der Waals surface area contributed by atoms with Gasteiger partial charge < -0.3 is 21.1 Å². The highest BCUT2D eigenvalue weighted by atomic mass is 16.3. The summed E-state index contributed by atoms with van der Waals surface area (Å²) in [5.41, 5.74) is 2.58. The molecular formula is C20H33N3O2. The molecule has 1 aliphatic heterocycles. The van der Waals surface area contributed by atoms with Crippen LogP contribution in [0.25, 0.3) is 0 Å². The van der Waals surface area contributed by atoms with E-state index in [1.54, 1.807) is 0 Å². The highest BCUT2D eigenvalue weighted by molar-refractivity contribution is 5.72. The summed E-state index contributed by atoms with van der Waals surface area (Å²) >= 11 is 0. The summed E-state index contributed by atoms with van der Waals surface area (Å²) in [6.45, 7) is 10.8. The van der Waals surface area contributed by atoms with Crippen molar-refractivity contribution in [3.63, 3.8) is 0 Å². The molecule has 1 aromatic carbocycles. The molecule has 1 aliphatic rings. The third-order valence-electron chi connectivity index (χ3n) is 5.00. The Labute approximate surface area is 151 Å². The lowest BCUT2D eigenvalue weighted by atomic mass is 9.78. The van der Waals surface area contributed by atoms with Gasteiger partial charge in [0.2, 0.25) is 5.91 Å². The number of rotatable bonds is 6. The lowest BCUT2D eigenvalue weighted by molar-refractivity contribution is -0.119. The summed E-state index contributed by atoms with van der Waals surface area (Å²) in [6.07, 6.45) is 1.36. The molecule has 140 valence electrons.